The molecule has 0 spiro atoms. The van der Waals surface area contributed by atoms with E-state index in [0.29, 0.717) is 5.69 Å². The van der Waals surface area contributed by atoms with E-state index in [0.717, 1.165) is 7.11 Å². The van der Waals surface area contributed by atoms with Crippen molar-refractivity contribution in [1.29, 1.82) is 0 Å². The molecule has 0 aliphatic carbocycles. The maximum atomic E-state index is 12.2. The molecule has 1 aliphatic heterocycles. The first kappa shape index (κ1) is 13.2. The van der Waals surface area contributed by atoms with Crippen LogP contribution in [0.3, 0.4) is 0 Å². The van der Waals surface area contributed by atoms with Crippen molar-refractivity contribution in [3.63, 3.8) is 0 Å². The van der Waals surface area contributed by atoms with Gasteiger partial charge < -0.3 is 14.7 Å². The van der Waals surface area contributed by atoms with Crippen LogP contribution < -0.4 is 4.90 Å². The summed E-state index contributed by atoms with van der Waals surface area (Å²) in [5.74, 6) is -2.44. The summed E-state index contributed by atoms with van der Waals surface area (Å²) in [6.07, 6.45) is -0.695. The largest absolute Gasteiger partial charge is 0.469 e. The molecule has 0 radical (unpaired) electrons. The number of anilines is 1. The summed E-state index contributed by atoms with van der Waals surface area (Å²) < 4.78 is 4.42. The van der Waals surface area contributed by atoms with Gasteiger partial charge in [0.1, 0.15) is 0 Å². The van der Waals surface area contributed by atoms with Gasteiger partial charge in [-0.05, 0) is 12.1 Å². The van der Waals surface area contributed by atoms with Gasteiger partial charge in [-0.1, -0.05) is 12.1 Å². The summed E-state index contributed by atoms with van der Waals surface area (Å²) in [4.78, 5) is 36.8. The lowest BCUT2D eigenvalue weighted by Crippen LogP contribution is -2.58. The molecule has 1 heterocycles. The van der Waals surface area contributed by atoms with E-state index in [1.807, 2.05) is 0 Å². The van der Waals surface area contributed by atoms with Crippen LogP contribution in [0.5, 0.6) is 0 Å². The number of fused-ring (bicyclic) bond motifs is 1. The lowest BCUT2D eigenvalue weighted by molar-refractivity contribution is -0.150. The van der Waals surface area contributed by atoms with E-state index in [1.165, 1.54) is 18.0 Å². The second kappa shape index (κ2) is 4.47. The molecule has 0 saturated heterocycles. The zero-order valence-corrected chi connectivity index (χ0v) is 10.5. The number of amides is 1. The molecule has 1 atom stereocenters. The first-order chi connectivity index (χ1) is 8.91. The topological polar surface area (TPSA) is 83.9 Å². The molecule has 0 bridgehead atoms. The number of carbonyl (C=O) groups is 3. The predicted octanol–water partition coefficient (Wildman–Crippen LogP) is 0.140. The normalized spacial score (nSPS) is 22.2. The summed E-state index contributed by atoms with van der Waals surface area (Å²) in [7, 11) is 2.57. The number of benzene rings is 1. The predicted molar refractivity (Wildman–Crippen MR) is 65.8 cm³/mol. The number of ketones is 1. The number of esters is 1. The molecular formula is C13H13NO5. The van der Waals surface area contributed by atoms with Gasteiger partial charge in [-0.15, -0.1) is 0 Å². The standard InChI is InChI=1S/C13H13NO5/c1-14-9-6-4-3-5-8(9)11(16)13(18,12(14)17)7-10(15)19-2/h3-6,18H,7H2,1-2H3/t13-/m0/s1. The van der Waals surface area contributed by atoms with Crippen molar-refractivity contribution in [2.45, 2.75) is 12.0 Å². The molecule has 1 aliphatic rings. The summed E-state index contributed by atoms with van der Waals surface area (Å²) >= 11 is 0. The van der Waals surface area contributed by atoms with Crippen molar-refractivity contribution in [3.8, 4) is 0 Å². The van der Waals surface area contributed by atoms with Crippen LogP contribution in [0.15, 0.2) is 24.3 Å². The summed E-state index contributed by atoms with van der Waals surface area (Å²) in [5.41, 5.74) is -1.78. The highest BCUT2D eigenvalue weighted by atomic mass is 16.5. The highest BCUT2D eigenvalue weighted by molar-refractivity contribution is 6.27. The Hall–Kier alpha value is -2.21. The fraction of sp³-hybridized carbons (Fsp3) is 0.308. The minimum atomic E-state index is -2.39. The van der Waals surface area contributed by atoms with Gasteiger partial charge in [0, 0.05) is 12.6 Å². The molecule has 0 fully saturated rings. The minimum absolute atomic E-state index is 0.205. The van der Waals surface area contributed by atoms with E-state index in [1.54, 1.807) is 18.2 Å². The summed E-state index contributed by atoms with van der Waals surface area (Å²) in [5, 5.41) is 10.3. The van der Waals surface area contributed by atoms with Gasteiger partial charge in [-0.2, -0.15) is 0 Å². The molecule has 100 valence electrons. The third-order valence-corrected chi connectivity index (χ3v) is 3.17. The van der Waals surface area contributed by atoms with E-state index in [2.05, 4.69) is 4.74 Å². The van der Waals surface area contributed by atoms with Crippen molar-refractivity contribution < 1.29 is 24.2 Å². The average molecular weight is 263 g/mol. The number of carbonyl (C=O) groups excluding carboxylic acids is 3. The maximum Gasteiger partial charge on any atom is 0.309 e. The molecule has 1 N–H and O–H groups in total. The molecule has 1 amide bonds. The Morgan fingerprint density at radius 2 is 2.00 bits per heavy atom. The molecule has 1 aromatic rings. The zero-order valence-electron chi connectivity index (χ0n) is 10.5. The second-order valence-electron chi connectivity index (χ2n) is 4.32. The van der Waals surface area contributed by atoms with Crippen LogP contribution in [-0.4, -0.2) is 42.5 Å². The lowest BCUT2D eigenvalue weighted by atomic mass is 9.84. The van der Waals surface area contributed by atoms with Crippen LogP contribution in [0.1, 0.15) is 16.8 Å². The highest BCUT2D eigenvalue weighted by Gasteiger charge is 2.52. The fourth-order valence-electron chi connectivity index (χ4n) is 2.10. The van der Waals surface area contributed by atoms with Crippen LogP contribution in [0, 0.1) is 0 Å². The van der Waals surface area contributed by atoms with Gasteiger partial charge in [-0.3, -0.25) is 14.4 Å². The molecule has 0 saturated carbocycles. The number of aliphatic hydroxyl groups is 1. The van der Waals surface area contributed by atoms with Crippen LogP contribution in [0.25, 0.3) is 0 Å². The van der Waals surface area contributed by atoms with Crippen LogP contribution in [-0.2, 0) is 14.3 Å². The average Bonchev–Trinajstić information content (AvgIpc) is 2.43. The van der Waals surface area contributed by atoms with Gasteiger partial charge in [0.05, 0.1) is 19.2 Å². The molecule has 6 heteroatoms. The van der Waals surface area contributed by atoms with Gasteiger partial charge in [0.15, 0.2) is 0 Å². The first-order valence-corrected chi connectivity index (χ1v) is 5.63. The van der Waals surface area contributed by atoms with Crippen molar-refractivity contribution >= 4 is 23.3 Å². The number of para-hydroxylation sites is 1. The Labute approximate surface area is 109 Å². The zero-order chi connectivity index (χ0) is 14.2. The number of ether oxygens (including phenoxy) is 1. The van der Waals surface area contributed by atoms with Gasteiger partial charge >= 0.3 is 5.97 Å². The summed E-state index contributed by atoms with van der Waals surface area (Å²) in [6, 6.07) is 6.41. The maximum absolute atomic E-state index is 12.2. The second-order valence-corrected chi connectivity index (χ2v) is 4.32. The molecule has 1 aromatic carbocycles. The van der Waals surface area contributed by atoms with Crippen molar-refractivity contribution in [1.82, 2.24) is 0 Å². The molecule has 0 aromatic heterocycles. The Bertz CT molecular complexity index is 568. The number of likely N-dealkylation sites (N-methyl/N-ethyl adjacent to an activating group) is 1. The molecule has 2 rings (SSSR count). The first-order valence-electron chi connectivity index (χ1n) is 5.63. The van der Waals surface area contributed by atoms with E-state index >= 15 is 0 Å². The molecule has 19 heavy (non-hydrogen) atoms. The molecule has 6 nitrogen and oxygen atoms in total. The Kier molecular flexibility index (Phi) is 3.11. The van der Waals surface area contributed by atoms with Crippen LogP contribution in [0.4, 0.5) is 5.69 Å². The van der Waals surface area contributed by atoms with Crippen molar-refractivity contribution in [2.24, 2.45) is 0 Å². The van der Waals surface area contributed by atoms with E-state index in [4.69, 9.17) is 0 Å². The molecule has 0 unspecified atom stereocenters. The monoisotopic (exact) mass is 263 g/mol. The van der Waals surface area contributed by atoms with Gasteiger partial charge in [-0.25, -0.2) is 0 Å². The number of hydrogen-bond acceptors (Lipinski definition) is 5. The fourth-order valence-corrected chi connectivity index (χ4v) is 2.10. The Balaban J connectivity index is 2.52. The molecular weight excluding hydrogens is 250 g/mol. The lowest BCUT2D eigenvalue weighted by Gasteiger charge is -2.35. The third kappa shape index (κ3) is 1.90. The van der Waals surface area contributed by atoms with Crippen LogP contribution >= 0.6 is 0 Å². The number of rotatable bonds is 2. The third-order valence-electron chi connectivity index (χ3n) is 3.17. The number of hydrogen-bond donors (Lipinski definition) is 1. The SMILES string of the molecule is COC(=O)C[C@]1(O)C(=O)c2ccccc2N(C)C1=O. The van der Waals surface area contributed by atoms with Crippen molar-refractivity contribution in [3.05, 3.63) is 29.8 Å². The summed E-state index contributed by atoms with van der Waals surface area (Å²) in [6.45, 7) is 0. The van der Waals surface area contributed by atoms with E-state index in [-0.39, 0.29) is 5.56 Å². The Morgan fingerprint density at radius 3 is 2.63 bits per heavy atom. The number of methoxy groups -OCH3 is 1. The quantitative estimate of drug-likeness (QED) is 0.606. The van der Waals surface area contributed by atoms with Crippen LogP contribution in [0.2, 0.25) is 0 Å². The van der Waals surface area contributed by atoms with Gasteiger partial charge in [0.25, 0.3) is 5.91 Å². The van der Waals surface area contributed by atoms with E-state index < -0.39 is 29.7 Å². The van der Waals surface area contributed by atoms with Crippen molar-refractivity contribution in [2.75, 3.05) is 19.1 Å². The minimum Gasteiger partial charge on any atom is -0.469 e. The Morgan fingerprint density at radius 1 is 1.37 bits per heavy atom. The van der Waals surface area contributed by atoms with E-state index in [9.17, 15) is 19.5 Å². The smallest absolute Gasteiger partial charge is 0.309 e. The van der Waals surface area contributed by atoms with Gasteiger partial charge in [0.2, 0.25) is 11.4 Å². The number of nitrogens with zero attached hydrogens (tertiary/aromatic N) is 1. The highest BCUT2D eigenvalue weighted by Crippen LogP contribution is 2.33. The number of Topliss-reactive ketones (excluding diaryl/α,β-unsaturated/α-hetero) is 1.